The van der Waals surface area contributed by atoms with E-state index < -0.39 is 0 Å². The number of anilines is 1. The topological polar surface area (TPSA) is 32.3 Å². The molecule has 1 saturated carbocycles. The number of hydrogen-bond acceptors (Lipinski definition) is 4. The van der Waals surface area contributed by atoms with Gasteiger partial charge in [-0.25, -0.2) is 4.39 Å². The summed E-state index contributed by atoms with van der Waals surface area (Å²) < 4.78 is 13.9. The van der Waals surface area contributed by atoms with Crippen LogP contribution >= 0.6 is 11.6 Å². The lowest BCUT2D eigenvalue weighted by Gasteiger charge is -2.35. The molecule has 0 bridgehead atoms. The summed E-state index contributed by atoms with van der Waals surface area (Å²) in [6.07, 6.45) is 2.48. The zero-order valence-corrected chi connectivity index (χ0v) is 14.2. The Morgan fingerprint density at radius 2 is 1.83 bits per heavy atom. The van der Waals surface area contributed by atoms with Crippen LogP contribution in [0.3, 0.4) is 0 Å². The number of halogens is 2. The molecule has 1 aromatic heterocycles. The summed E-state index contributed by atoms with van der Waals surface area (Å²) >= 11 is 6.12. The fourth-order valence-corrected chi connectivity index (χ4v) is 3.37. The van der Waals surface area contributed by atoms with E-state index in [2.05, 4.69) is 32.1 Å². The Morgan fingerprint density at radius 3 is 2.46 bits per heavy atom. The zero-order valence-electron chi connectivity index (χ0n) is 13.5. The van der Waals surface area contributed by atoms with Crippen molar-refractivity contribution in [1.29, 1.82) is 0 Å². The highest BCUT2D eigenvalue weighted by molar-refractivity contribution is 6.31. The first-order valence-electron chi connectivity index (χ1n) is 8.44. The maximum absolute atomic E-state index is 13.9. The number of rotatable bonds is 4. The molecule has 0 N–H and O–H groups in total. The number of piperazine rings is 1. The SMILES string of the molecule is Fc1cccc(Cl)c1CN1CCN(c2ccc(C3CC3)nn2)CC1. The molecule has 126 valence electrons. The molecule has 1 aliphatic carbocycles. The van der Waals surface area contributed by atoms with Crippen LogP contribution in [0, 0.1) is 5.82 Å². The van der Waals surface area contributed by atoms with Gasteiger partial charge in [-0.05, 0) is 37.1 Å². The second-order valence-electron chi connectivity index (χ2n) is 6.55. The lowest BCUT2D eigenvalue weighted by molar-refractivity contribution is 0.246. The summed E-state index contributed by atoms with van der Waals surface area (Å²) in [7, 11) is 0. The minimum atomic E-state index is -0.230. The van der Waals surface area contributed by atoms with Crippen LogP contribution in [-0.4, -0.2) is 41.3 Å². The molecule has 0 amide bonds. The van der Waals surface area contributed by atoms with Crippen LogP contribution in [0.25, 0.3) is 0 Å². The van der Waals surface area contributed by atoms with Gasteiger partial charge in [0.15, 0.2) is 5.82 Å². The van der Waals surface area contributed by atoms with E-state index in [1.165, 1.54) is 18.9 Å². The van der Waals surface area contributed by atoms with Gasteiger partial charge >= 0.3 is 0 Å². The van der Waals surface area contributed by atoms with Gasteiger partial charge in [-0.15, -0.1) is 5.10 Å². The Kier molecular flexibility index (Phi) is 4.37. The Morgan fingerprint density at radius 1 is 1.04 bits per heavy atom. The smallest absolute Gasteiger partial charge is 0.151 e. The first-order valence-corrected chi connectivity index (χ1v) is 8.82. The van der Waals surface area contributed by atoms with E-state index in [4.69, 9.17) is 11.6 Å². The van der Waals surface area contributed by atoms with Crippen LogP contribution in [-0.2, 0) is 6.54 Å². The van der Waals surface area contributed by atoms with Crippen molar-refractivity contribution in [3.8, 4) is 0 Å². The summed E-state index contributed by atoms with van der Waals surface area (Å²) in [6, 6.07) is 9.03. The van der Waals surface area contributed by atoms with E-state index in [0.717, 1.165) is 37.7 Å². The Labute approximate surface area is 146 Å². The summed E-state index contributed by atoms with van der Waals surface area (Å²) in [4.78, 5) is 4.47. The van der Waals surface area contributed by atoms with Gasteiger partial charge in [0.1, 0.15) is 5.82 Å². The molecule has 0 radical (unpaired) electrons. The van der Waals surface area contributed by atoms with Gasteiger partial charge in [0.05, 0.1) is 5.69 Å². The lowest BCUT2D eigenvalue weighted by Crippen LogP contribution is -2.46. The van der Waals surface area contributed by atoms with Crippen molar-refractivity contribution < 1.29 is 4.39 Å². The molecule has 0 atom stereocenters. The molecule has 2 fully saturated rings. The highest BCUT2D eigenvalue weighted by Gasteiger charge is 2.26. The molecular weight excluding hydrogens is 327 g/mol. The van der Waals surface area contributed by atoms with Gasteiger partial charge in [0.2, 0.25) is 0 Å². The second-order valence-corrected chi connectivity index (χ2v) is 6.96. The molecule has 24 heavy (non-hydrogen) atoms. The minimum absolute atomic E-state index is 0.230. The standard InChI is InChI=1S/C18H20ClFN4/c19-15-2-1-3-16(20)14(15)12-23-8-10-24(11-9-23)18-7-6-17(21-22-18)13-4-5-13/h1-3,6-7,13H,4-5,8-12H2. The van der Waals surface area contributed by atoms with Crippen molar-refractivity contribution >= 4 is 17.4 Å². The van der Waals surface area contributed by atoms with Gasteiger partial charge in [-0.1, -0.05) is 17.7 Å². The molecular formula is C18H20ClFN4. The van der Waals surface area contributed by atoms with Crippen LogP contribution < -0.4 is 4.90 Å². The monoisotopic (exact) mass is 346 g/mol. The third-order valence-electron chi connectivity index (χ3n) is 4.81. The second kappa shape index (κ2) is 6.65. The summed E-state index contributed by atoms with van der Waals surface area (Å²) in [5.41, 5.74) is 1.70. The van der Waals surface area contributed by atoms with Crippen LogP contribution in [0.15, 0.2) is 30.3 Å². The Bertz CT molecular complexity index is 689. The molecule has 4 rings (SSSR count). The number of aromatic nitrogens is 2. The number of benzene rings is 1. The van der Waals surface area contributed by atoms with Crippen LogP contribution in [0.5, 0.6) is 0 Å². The van der Waals surface area contributed by atoms with Gasteiger partial charge in [-0.3, -0.25) is 4.90 Å². The first-order chi connectivity index (χ1) is 11.7. The third kappa shape index (κ3) is 3.37. The van der Waals surface area contributed by atoms with Crippen LogP contribution in [0.1, 0.15) is 30.0 Å². The minimum Gasteiger partial charge on any atom is -0.353 e. The highest BCUT2D eigenvalue weighted by atomic mass is 35.5. The largest absolute Gasteiger partial charge is 0.353 e. The molecule has 1 saturated heterocycles. The van der Waals surface area contributed by atoms with Crippen molar-refractivity contribution in [1.82, 2.24) is 15.1 Å². The molecule has 0 spiro atoms. The van der Waals surface area contributed by atoms with E-state index in [9.17, 15) is 4.39 Å². The molecule has 2 aromatic rings. The van der Waals surface area contributed by atoms with Gasteiger partial charge in [-0.2, -0.15) is 5.10 Å². The zero-order chi connectivity index (χ0) is 16.5. The summed E-state index contributed by atoms with van der Waals surface area (Å²) in [5, 5.41) is 9.23. The van der Waals surface area contributed by atoms with E-state index in [0.29, 0.717) is 23.0 Å². The normalized spacial score (nSPS) is 18.8. The first kappa shape index (κ1) is 15.8. The van der Waals surface area contributed by atoms with Crippen molar-refractivity contribution in [2.45, 2.75) is 25.3 Å². The Balaban J connectivity index is 1.36. The maximum Gasteiger partial charge on any atom is 0.151 e. The molecule has 1 aromatic carbocycles. The quantitative estimate of drug-likeness (QED) is 0.848. The van der Waals surface area contributed by atoms with Gasteiger partial charge in [0, 0.05) is 49.2 Å². The molecule has 4 nitrogen and oxygen atoms in total. The number of hydrogen-bond donors (Lipinski definition) is 0. The lowest BCUT2D eigenvalue weighted by atomic mass is 10.2. The van der Waals surface area contributed by atoms with Crippen LogP contribution in [0.4, 0.5) is 10.2 Å². The van der Waals surface area contributed by atoms with Crippen molar-refractivity contribution in [3.05, 3.63) is 52.4 Å². The Hall–Kier alpha value is -1.72. The van der Waals surface area contributed by atoms with E-state index in [-0.39, 0.29) is 5.82 Å². The predicted octanol–water partition coefficient (Wildman–Crippen LogP) is 3.47. The predicted molar refractivity (Wildman–Crippen MR) is 92.9 cm³/mol. The number of nitrogens with zero attached hydrogens (tertiary/aromatic N) is 4. The summed E-state index contributed by atoms with van der Waals surface area (Å²) in [5.74, 6) is 1.34. The molecule has 6 heteroatoms. The van der Waals surface area contributed by atoms with Crippen LogP contribution in [0.2, 0.25) is 5.02 Å². The molecule has 1 aliphatic heterocycles. The van der Waals surface area contributed by atoms with E-state index in [1.54, 1.807) is 12.1 Å². The maximum atomic E-state index is 13.9. The summed E-state index contributed by atoms with van der Waals surface area (Å²) in [6.45, 7) is 3.99. The van der Waals surface area contributed by atoms with E-state index >= 15 is 0 Å². The average Bonchev–Trinajstić information content (AvgIpc) is 3.44. The van der Waals surface area contributed by atoms with Crippen molar-refractivity contribution in [3.63, 3.8) is 0 Å². The highest BCUT2D eigenvalue weighted by Crippen LogP contribution is 2.38. The van der Waals surface area contributed by atoms with Gasteiger partial charge < -0.3 is 4.90 Å². The third-order valence-corrected chi connectivity index (χ3v) is 5.16. The van der Waals surface area contributed by atoms with Crippen molar-refractivity contribution in [2.75, 3.05) is 31.1 Å². The average molecular weight is 347 g/mol. The fraction of sp³-hybridized carbons (Fsp3) is 0.444. The molecule has 2 heterocycles. The van der Waals surface area contributed by atoms with E-state index in [1.807, 2.05) is 0 Å². The van der Waals surface area contributed by atoms with Crippen molar-refractivity contribution in [2.24, 2.45) is 0 Å². The van der Waals surface area contributed by atoms with Gasteiger partial charge in [0.25, 0.3) is 0 Å². The fourth-order valence-electron chi connectivity index (χ4n) is 3.14. The molecule has 2 aliphatic rings. The molecule has 0 unspecified atom stereocenters.